The van der Waals surface area contributed by atoms with Crippen LogP contribution in [0.25, 0.3) is 21.6 Å². The number of hydrogen-bond acceptors (Lipinski definition) is 7. The maximum absolute atomic E-state index is 6.69. The first-order chi connectivity index (χ1) is 21.1. The number of nitrogens with zero attached hydrogens (tertiary/aromatic N) is 3. The number of ether oxygens (including phenoxy) is 3. The van der Waals surface area contributed by atoms with E-state index in [1.165, 1.54) is 5.56 Å². The van der Waals surface area contributed by atoms with Crippen LogP contribution >= 0.6 is 11.3 Å². The van der Waals surface area contributed by atoms with Crippen LogP contribution < -0.4 is 4.43 Å². The van der Waals surface area contributed by atoms with Crippen molar-refractivity contribution in [2.24, 2.45) is 0 Å². The highest BCUT2D eigenvalue weighted by molar-refractivity contribution is 7.13. The summed E-state index contributed by atoms with van der Waals surface area (Å²) in [5.74, 6) is 0.906. The van der Waals surface area contributed by atoms with Crippen LogP contribution in [-0.4, -0.2) is 49.0 Å². The van der Waals surface area contributed by atoms with E-state index in [-0.39, 0.29) is 17.4 Å². The Hall–Kier alpha value is -2.56. The summed E-state index contributed by atoms with van der Waals surface area (Å²) in [6.45, 7) is 16.3. The second-order valence-corrected chi connectivity index (χ2v) is 19.0. The van der Waals surface area contributed by atoms with E-state index in [2.05, 4.69) is 81.2 Å². The Labute approximate surface area is 268 Å². The van der Waals surface area contributed by atoms with Gasteiger partial charge in [-0.05, 0) is 87.3 Å². The third-order valence-corrected chi connectivity index (χ3v) is 14.1. The van der Waals surface area contributed by atoms with Crippen LogP contribution in [0, 0.1) is 0 Å². The van der Waals surface area contributed by atoms with Gasteiger partial charge in [0.2, 0.25) is 8.32 Å². The largest absolute Gasteiger partial charge is 0.543 e. The van der Waals surface area contributed by atoms with E-state index in [1.54, 1.807) is 11.3 Å². The van der Waals surface area contributed by atoms with E-state index in [4.69, 9.17) is 28.7 Å². The monoisotopic (exact) mass is 635 g/mol. The zero-order valence-corrected chi connectivity index (χ0v) is 29.1. The van der Waals surface area contributed by atoms with Gasteiger partial charge in [0.25, 0.3) is 0 Å². The van der Waals surface area contributed by atoms with Crippen molar-refractivity contribution in [1.29, 1.82) is 0 Å². The molecule has 5 rings (SSSR count). The molecule has 44 heavy (non-hydrogen) atoms. The van der Waals surface area contributed by atoms with Gasteiger partial charge < -0.3 is 18.6 Å². The lowest BCUT2D eigenvalue weighted by atomic mass is 10.1. The van der Waals surface area contributed by atoms with E-state index in [0.29, 0.717) is 19.8 Å². The van der Waals surface area contributed by atoms with E-state index in [0.717, 1.165) is 78.2 Å². The smallest absolute Gasteiger partial charge is 0.250 e. The third kappa shape index (κ3) is 8.37. The van der Waals surface area contributed by atoms with Gasteiger partial charge in [-0.25, -0.2) is 9.67 Å². The molecule has 7 nitrogen and oxygen atoms in total. The highest BCUT2D eigenvalue weighted by Gasteiger charge is 2.39. The number of hydrogen-bond donors (Lipinski definition) is 0. The Morgan fingerprint density at radius 3 is 2.66 bits per heavy atom. The second kappa shape index (κ2) is 14.7. The molecule has 1 fully saturated rings. The highest BCUT2D eigenvalue weighted by Crippen LogP contribution is 2.40. The molecule has 0 spiro atoms. The van der Waals surface area contributed by atoms with Crippen LogP contribution in [0.5, 0.6) is 5.75 Å². The van der Waals surface area contributed by atoms with Crippen molar-refractivity contribution >= 4 is 30.6 Å². The van der Waals surface area contributed by atoms with E-state index in [1.807, 2.05) is 18.2 Å². The maximum atomic E-state index is 6.69. The first-order valence-corrected chi connectivity index (χ1v) is 19.9. The van der Waals surface area contributed by atoms with Crippen molar-refractivity contribution in [3.05, 3.63) is 65.2 Å². The normalized spacial score (nSPS) is 16.8. The Balaban J connectivity index is 1.20. The van der Waals surface area contributed by atoms with Crippen molar-refractivity contribution in [2.75, 3.05) is 19.8 Å². The molecule has 1 aliphatic heterocycles. The molecular formula is C35H49N3O4SSi. The highest BCUT2D eigenvalue weighted by atomic mass is 32.1. The predicted octanol–water partition coefficient (Wildman–Crippen LogP) is 9.19. The molecule has 0 saturated carbocycles. The molecular weight excluding hydrogens is 587 g/mol. The minimum atomic E-state index is -1.98. The Morgan fingerprint density at radius 1 is 1.09 bits per heavy atom. The van der Waals surface area contributed by atoms with Crippen molar-refractivity contribution in [3.8, 4) is 16.5 Å². The van der Waals surface area contributed by atoms with Crippen LogP contribution in [-0.2, 0) is 27.2 Å². The van der Waals surface area contributed by atoms with Crippen LogP contribution in [0.3, 0.4) is 0 Å². The molecule has 0 N–H and O–H groups in total. The zero-order valence-electron chi connectivity index (χ0n) is 27.3. The van der Waals surface area contributed by atoms with Crippen molar-refractivity contribution in [1.82, 2.24) is 14.8 Å². The molecule has 0 amide bonds. The van der Waals surface area contributed by atoms with Gasteiger partial charge in [-0.2, -0.15) is 5.10 Å². The Kier molecular flexibility index (Phi) is 11.0. The van der Waals surface area contributed by atoms with Gasteiger partial charge in [-0.3, -0.25) is 0 Å². The summed E-state index contributed by atoms with van der Waals surface area (Å²) in [5.41, 5.74) is 4.26. The summed E-state index contributed by atoms with van der Waals surface area (Å²) in [6, 6.07) is 16.7. The molecule has 2 atom stereocenters. The average Bonchev–Trinajstić information content (AvgIpc) is 3.62. The fourth-order valence-corrected chi connectivity index (χ4v) is 6.93. The Morgan fingerprint density at radius 2 is 1.91 bits per heavy atom. The Bertz CT molecular complexity index is 1470. The summed E-state index contributed by atoms with van der Waals surface area (Å²) < 4.78 is 26.8. The van der Waals surface area contributed by atoms with E-state index >= 15 is 0 Å². The van der Waals surface area contributed by atoms with Gasteiger partial charge in [0.1, 0.15) is 16.5 Å². The van der Waals surface area contributed by atoms with Gasteiger partial charge in [0.15, 0.2) is 6.23 Å². The molecule has 1 saturated heterocycles. The van der Waals surface area contributed by atoms with Crippen LogP contribution in [0.15, 0.2) is 53.9 Å². The molecule has 9 heteroatoms. The third-order valence-electron chi connectivity index (χ3n) is 8.81. The van der Waals surface area contributed by atoms with Crippen LogP contribution in [0.1, 0.15) is 77.3 Å². The summed E-state index contributed by atoms with van der Waals surface area (Å²) in [4.78, 5) is 5.03. The van der Waals surface area contributed by atoms with Crippen molar-refractivity contribution in [2.45, 2.75) is 103 Å². The molecule has 4 aromatic rings. The molecule has 0 bridgehead atoms. The number of aromatic nitrogens is 3. The fraction of sp³-hybridized carbons (Fsp3) is 0.543. The van der Waals surface area contributed by atoms with Gasteiger partial charge in [0, 0.05) is 30.6 Å². The predicted molar refractivity (Wildman–Crippen MR) is 182 cm³/mol. The number of thiazole rings is 1. The summed E-state index contributed by atoms with van der Waals surface area (Å²) in [7, 11) is -1.98. The topological polar surface area (TPSA) is 67.6 Å². The van der Waals surface area contributed by atoms with Crippen LogP contribution in [0.4, 0.5) is 0 Å². The fourth-order valence-electron chi connectivity index (χ4n) is 5.06. The van der Waals surface area contributed by atoms with E-state index < -0.39 is 8.32 Å². The number of benzene rings is 2. The first kappa shape index (κ1) is 32.8. The van der Waals surface area contributed by atoms with Crippen molar-refractivity contribution in [3.63, 3.8) is 0 Å². The minimum absolute atomic E-state index is 0.0461. The van der Waals surface area contributed by atoms with Gasteiger partial charge in [0.05, 0.1) is 23.9 Å². The molecule has 2 aromatic heterocycles. The van der Waals surface area contributed by atoms with Gasteiger partial charge >= 0.3 is 0 Å². The molecule has 1 unspecified atom stereocenters. The quantitative estimate of drug-likeness (QED) is 0.102. The average molecular weight is 636 g/mol. The SMILES string of the molecule is C[C@H](CCOCCCc1csc(-c2nn(C3CCCCO3)c3ccc(O[Si](C)(C)C(C)(C)C)cc23)n1)OCc1ccccc1. The second-order valence-electron chi connectivity index (χ2n) is 13.4. The van der Waals surface area contributed by atoms with Crippen LogP contribution in [0.2, 0.25) is 18.1 Å². The number of aryl methyl sites for hydroxylation is 1. The number of rotatable bonds is 14. The van der Waals surface area contributed by atoms with Gasteiger partial charge in [-0.1, -0.05) is 51.1 Å². The molecule has 3 heterocycles. The number of fused-ring (bicyclic) bond motifs is 1. The molecule has 2 aromatic carbocycles. The zero-order chi connectivity index (χ0) is 31.2. The molecule has 238 valence electrons. The first-order valence-electron chi connectivity index (χ1n) is 16.1. The van der Waals surface area contributed by atoms with E-state index in [9.17, 15) is 0 Å². The lowest BCUT2D eigenvalue weighted by molar-refractivity contribution is -0.0365. The summed E-state index contributed by atoms with van der Waals surface area (Å²) in [5, 5.41) is 9.40. The van der Waals surface area contributed by atoms with Gasteiger partial charge in [-0.15, -0.1) is 11.3 Å². The summed E-state index contributed by atoms with van der Waals surface area (Å²) >= 11 is 1.66. The lowest BCUT2D eigenvalue weighted by Gasteiger charge is -2.36. The lowest BCUT2D eigenvalue weighted by Crippen LogP contribution is -2.43. The minimum Gasteiger partial charge on any atom is -0.543 e. The molecule has 1 aliphatic rings. The van der Waals surface area contributed by atoms with Crippen molar-refractivity contribution < 1.29 is 18.6 Å². The maximum Gasteiger partial charge on any atom is 0.250 e. The summed E-state index contributed by atoms with van der Waals surface area (Å²) in [6.07, 6.45) is 6.03. The standard InChI is InChI=1S/C35H49N3O4SSi/c1-26(41-24-27-13-8-7-9-14-27)19-22-39-20-12-15-28-25-43-34(36-28)33-30-23-29(42-44(5,6)35(2,3)4)17-18-31(30)38(37-33)32-16-10-11-21-40-32/h7-9,13-14,17-18,23,25-26,32H,10-12,15-16,19-22,24H2,1-6H3/t26-,32?/m1/s1. The molecule has 0 aliphatic carbocycles. The molecule has 0 radical (unpaired) electrons.